The topological polar surface area (TPSA) is 111 Å². The SMILES string of the molecule is O=C(OCc1noc(-c2ccc(F)cc2)n1)c1cccc(S(=O)(=O)NCc2cccs2)c1. The first kappa shape index (κ1) is 21.8. The number of carbonyl (C=O) groups excluding carboxylic acids is 1. The quantitative estimate of drug-likeness (QED) is 0.388. The molecule has 0 atom stereocenters. The van der Waals surface area contributed by atoms with E-state index in [0.717, 1.165) is 4.88 Å². The molecule has 4 aromatic rings. The Morgan fingerprint density at radius 2 is 1.94 bits per heavy atom. The van der Waals surface area contributed by atoms with E-state index in [1.807, 2.05) is 17.5 Å². The minimum Gasteiger partial charge on any atom is -0.454 e. The average Bonchev–Trinajstić information content (AvgIpc) is 3.49. The number of sulfonamides is 1. The summed E-state index contributed by atoms with van der Waals surface area (Å²) in [6, 6.07) is 14.7. The first-order chi connectivity index (χ1) is 15.4. The molecule has 0 saturated carbocycles. The normalized spacial score (nSPS) is 11.4. The summed E-state index contributed by atoms with van der Waals surface area (Å²) < 4.78 is 50.8. The van der Waals surface area contributed by atoms with E-state index in [-0.39, 0.29) is 35.3 Å². The fourth-order valence-corrected chi connectivity index (χ4v) is 4.48. The summed E-state index contributed by atoms with van der Waals surface area (Å²) in [5, 5.41) is 5.58. The van der Waals surface area contributed by atoms with Crippen LogP contribution in [0, 0.1) is 5.82 Å². The summed E-state index contributed by atoms with van der Waals surface area (Å²) in [5.74, 6) is -0.873. The lowest BCUT2D eigenvalue weighted by Gasteiger charge is -2.07. The second kappa shape index (κ2) is 9.39. The van der Waals surface area contributed by atoms with E-state index >= 15 is 0 Å². The van der Waals surface area contributed by atoms with Gasteiger partial charge in [-0.05, 0) is 53.9 Å². The number of esters is 1. The predicted octanol–water partition coefficient (Wildman–Crippen LogP) is 3.77. The smallest absolute Gasteiger partial charge is 0.338 e. The molecule has 2 aromatic heterocycles. The van der Waals surface area contributed by atoms with Crippen LogP contribution in [0.15, 0.2) is 75.5 Å². The minimum atomic E-state index is -3.81. The highest BCUT2D eigenvalue weighted by atomic mass is 32.2. The number of nitrogens with one attached hydrogen (secondary N) is 1. The maximum atomic E-state index is 13.0. The molecular weight excluding hydrogens is 457 g/mol. The average molecular weight is 474 g/mol. The molecule has 2 heterocycles. The zero-order valence-corrected chi connectivity index (χ0v) is 18.0. The van der Waals surface area contributed by atoms with Crippen molar-refractivity contribution in [2.24, 2.45) is 0 Å². The molecule has 0 bridgehead atoms. The van der Waals surface area contributed by atoms with Crippen LogP contribution in [-0.4, -0.2) is 24.5 Å². The molecule has 0 aliphatic heterocycles. The zero-order valence-electron chi connectivity index (χ0n) is 16.4. The van der Waals surface area contributed by atoms with Gasteiger partial charge in [0.2, 0.25) is 15.8 Å². The van der Waals surface area contributed by atoms with Gasteiger partial charge >= 0.3 is 5.97 Å². The highest BCUT2D eigenvalue weighted by Gasteiger charge is 2.18. The van der Waals surface area contributed by atoms with Crippen molar-refractivity contribution in [2.45, 2.75) is 18.0 Å². The maximum absolute atomic E-state index is 13.0. The number of halogens is 1. The third-order valence-electron chi connectivity index (χ3n) is 4.29. The molecule has 0 amide bonds. The molecule has 2 aromatic carbocycles. The molecule has 0 spiro atoms. The summed E-state index contributed by atoms with van der Waals surface area (Å²) in [6.07, 6.45) is 0. The Morgan fingerprint density at radius 3 is 2.69 bits per heavy atom. The second-order valence-electron chi connectivity index (χ2n) is 6.53. The van der Waals surface area contributed by atoms with E-state index in [4.69, 9.17) is 9.26 Å². The largest absolute Gasteiger partial charge is 0.454 e. The Kier molecular flexibility index (Phi) is 6.40. The molecule has 0 aliphatic carbocycles. The van der Waals surface area contributed by atoms with Crippen LogP contribution in [0.3, 0.4) is 0 Å². The van der Waals surface area contributed by atoms with Crippen molar-refractivity contribution in [1.82, 2.24) is 14.9 Å². The van der Waals surface area contributed by atoms with Gasteiger partial charge in [-0.2, -0.15) is 4.98 Å². The van der Waals surface area contributed by atoms with E-state index in [2.05, 4.69) is 14.9 Å². The minimum absolute atomic E-state index is 0.0540. The third-order valence-corrected chi connectivity index (χ3v) is 6.56. The lowest BCUT2D eigenvalue weighted by Crippen LogP contribution is -2.23. The standard InChI is InChI=1S/C21H16FN3O5S2/c22-16-8-6-14(7-9-16)20-24-19(25-30-20)13-29-21(26)15-3-1-5-18(11-15)32(27,28)23-12-17-4-2-10-31-17/h1-11,23H,12-13H2. The highest BCUT2D eigenvalue weighted by Crippen LogP contribution is 2.18. The molecule has 8 nitrogen and oxygen atoms in total. The summed E-state index contributed by atoms with van der Waals surface area (Å²) in [5.41, 5.74) is 0.579. The van der Waals surface area contributed by atoms with Crippen molar-refractivity contribution >= 4 is 27.3 Å². The van der Waals surface area contributed by atoms with E-state index in [0.29, 0.717) is 5.56 Å². The van der Waals surface area contributed by atoms with Crippen LogP contribution < -0.4 is 4.72 Å². The van der Waals surface area contributed by atoms with Gasteiger partial charge in [0.1, 0.15) is 5.82 Å². The molecule has 11 heteroatoms. The fraction of sp³-hybridized carbons (Fsp3) is 0.0952. The maximum Gasteiger partial charge on any atom is 0.338 e. The molecule has 1 N–H and O–H groups in total. The van der Waals surface area contributed by atoms with Gasteiger partial charge in [-0.1, -0.05) is 17.3 Å². The fourth-order valence-electron chi connectivity index (χ4n) is 2.69. The number of nitrogens with zero attached hydrogens (tertiary/aromatic N) is 2. The van der Waals surface area contributed by atoms with Gasteiger partial charge in [0.25, 0.3) is 5.89 Å². The molecule has 4 rings (SSSR count). The zero-order chi connectivity index (χ0) is 22.6. The molecule has 32 heavy (non-hydrogen) atoms. The number of carbonyl (C=O) groups is 1. The second-order valence-corrected chi connectivity index (χ2v) is 9.33. The first-order valence-corrected chi connectivity index (χ1v) is 11.6. The van der Waals surface area contributed by atoms with E-state index in [1.165, 1.54) is 59.9 Å². The first-order valence-electron chi connectivity index (χ1n) is 9.28. The monoisotopic (exact) mass is 473 g/mol. The van der Waals surface area contributed by atoms with Gasteiger partial charge in [0.15, 0.2) is 6.61 Å². The lowest BCUT2D eigenvalue weighted by molar-refractivity contribution is 0.0459. The summed E-state index contributed by atoms with van der Waals surface area (Å²) in [6.45, 7) is -0.125. The molecule has 0 fully saturated rings. The third kappa shape index (κ3) is 5.25. The Balaban J connectivity index is 1.39. The molecule has 164 valence electrons. The highest BCUT2D eigenvalue weighted by molar-refractivity contribution is 7.89. The van der Waals surface area contributed by atoms with Gasteiger partial charge < -0.3 is 9.26 Å². The number of benzene rings is 2. The van der Waals surface area contributed by atoms with Crippen molar-refractivity contribution in [3.05, 3.63) is 88.1 Å². The van der Waals surface area contributed by atoms with Crippen LogP contribution >= 0.6 is 11.3 Å². The van der Waals surface area contributed by atoms with Crippen LogP contribution in [-0.2, 0) is 27.9 Å². The van der Waals surface area contributed by atoms with Gasteiger partial charge in [-0.25, -0.2) is 22.3 Å². The van der Waals surface area contributed by atoms with Crippen molar-refractivity contribution in [2.75, 3.05) is 0 Å². The van der Waals surface area contributed by atoms with Crippen molar-refractivity contribution in [3.8, 4) is 11.5 Å². The van der Waals surface area contributed by atoms with Crippen LogP contribution in [0.4, 0.5) is 4.39 Å². The summed E-state index contributed by atoms with van der Waals surface area (Å²) in [4.78, 5) is 17.3. The molecule has 0 radical (unpaired) electrons. The van der Waals surface area contributed by atoms with Gasteiger partial charge in [0, 0.05) is 17.0 Å². The number of thiophene rings is 1. The number of hydrogen-bond acceptors (Lipinski definition) is 8. The van der Waals surface area contributed by atoms with Crippen LogP contribution in [0.25, 0.3) is 11.5 Å². The van der Waals surface area contributed by atoms with Gasteiger partial charge in [-0.15, -0.1) is 11.3 Å². The molecular formula is C21H16FN3O5S2. The Morgan fingerprint density at radius 1 is 1.12 bits per heavy atom. The van der Waals surface area contributed by atoms with Crippen molar-refractivity contribution in [3.63, 3.8) is 0 Å². The lowest BCUT2D eigenvalue weighted by atomic mass is 10.2. The Hall–Kier alpha value is -3.41. The summed E-state index contributed by atoms with van der Waals surface area (Å²) >= 11 is 1.43. The van der Waals surface area contributed by atoms with Crippen LogP contribution in [0.1, 0.15) is 21.1 Å². The number of rotatable bonds is 8. The van der Waals surface area contributed by atoms with Crippen LogP contribution in [0.5, 0.6) is 0 Å². The van der Waals surface area contributed by atoms with Crippen molar-refractivity contribution in [1.29, 1.82) is 0 Å². The van der Waals surface area contributed by atoms with Crippen LogP contribution in [0.2, 0.25) is 0 Å². The molecule has 0 saturated heterocycles. The Labute approximate surface area is 186 Å². The van der Waals surface area contributed by atoms with Crippen molar-refractivity contribution < 1.29 is 26.9 Å². The van der Waals surface area contributed by atoms with E-state index in [1.54, 1.807) is 0 Å². The van der Waals surface area contributed by atoms with Gasteiger partial charge in [-0.3, -0.25) is 0 Å². The van der Waals surface area contributed by atoms with E-state index in [9.17, 15) is 17.6 Å². The Bertz CT molecular complexity index is 1320. The summed E-state index contributed by atoms with van der Waals surface area (Å²) in [7, 11) is -3.81. The number of ether oxygens (including phenoxy) is 1. The number of hydrogen-bond donors (Lipinski definition) is 1. The molecule has 0 aliphatic rings. The van der Waals surface area contributed by atoms with E-state index < -0.39 is 21.8 Å². The predicted molar refractivity (Wildman–Crippen MR) is 114 cm³/mol. The van der Waals surface area contributed by atoms with Gasteiger partial charge in [0.05, 0.1) is 10.5 Å². The molecule has 0 unspecified atom stereocenters. The number of aromatic nitrogens is 2.